The average molecular weight is 228 g/mol. The molecule has 0 amide bonds. The topological polar surface area (TPSA) is 75.4 Å². The van der Waals surface area contributed by atoms with Gasteiger partial charge in [0.05, 0.1) is 5.39 Å². The van der Waals surface area contributed by atoms with Gasteiger partial charge in [-0.1, -0.05) is 24.3 Å². The van der Waals surface area contributed by atoms with Crippen LogP contribution in [-0.2, 0) is 0 Å². The standard InChI is InChI=1S/C12H8N2O3/c15-11-9-5-7-3-1-2-4-8(7)6-10(9)17-12(13-11)14-16/h1-6,16H,(H,13,14,15). The molecule has 5 nitrogen and oxygen atoms in total. The second-order valence-corrected chi connectivity index (χ2v) is 3.63. The van der Waals surface area contributed by atoms with Crippen LogP contribution in [-0.4, -0.2) is 10.2 Å². The fourth-order valence-electron chi connectivity index (χ4n) is 1.80. The summed E-state index contributed by atoms with van der Waals surface area (Å²) in [7, 11) is 0. The third-order valence-electron chi connectivity index (χ3n) is 2.58. The Kier molecular flexibility index (Phi) is 2.06. The second-order valence-electron chi connectivity index (χ2n) is 3.63. The monoisotopic (exact) mass is 228 g/mol. The molecule has 1 aromatic heterocycles. The molecule has 0 bridgehead atoms. The molecule has 0 radical (unpaired) electrons. The lowest BCUT2D eigenvalue weighted by Crippen LogP contribution is -2.08. The molecule has 0 aliphatic rings. The first-order chi connectivity index (χ1) is 8.28. The first-order valence-electron chi connectivity index (χ1n) is 5.02. The number of hydrogen-bond acceptors (Lipinski definition) is 5. The number of fused-ring (bicyclic) bond motifs is 2. The Morgan fingerprint density at radius 2 is 1.88 bits per heavy atom. The lowest BCUT2D eigenvalue weighted by atomic mass is 10.1. The number of aromatic nitrogens is 1. The van der Waals surface area contributed by atoms with Gasteiger partial charge in [0.25, 0.3) is 5.56 Å². The highest BCUT2D eigenvalue weighted by atomic mass is 16.5. The fourth-order valence-corrected chi connectivity index (χ4v) is 1.80. The molecule has 2 aromatic carbocycles. The molecule has 0 saturated carbocycles. The van der Waals surface area contributed by atoms with Crippen molar-refractivity contribution in [2.24, 2.45) is 0 Å². The zero-order chi connectivity index (χ0) is 11.8. The SMILES string of the molecule is O=c1nc(NO)oc2cc3ccccc3cc12. The molecule has 2 N–H and O–H groups in total. The van der Waals surface area contributed by atoms with Gasteiger partial charge in [-0.3, -0.25) is 10.0 Å². The lowest BCUT2D eigenvalue weighted by Gasteiger charge is -2.02. The number of anilines is 1. The number of nitrogens with zero attached hydrogens (tertiary/aromatic N) is 1. The molecule has 17 heavy (non-hydrogen) atoms. The Labute approximate surface area is 95.3 Å². The van der Waals surface area contributed by atoms with E-state index in [2.05, 4.69) is 4.98 Å². The lowest BCUT2D eigenvalue weighted by molar-refractivity contribution is 0.358. The van der Waals surface area contributed by atoms with E-state index in [1.807, 2.05) is 24.3 Å². The maximum absolute atomic E-state index is 11.7. The highest BCUT2D eigenvalue weighted by Crippen LogP contribution is 2.21. The van der Waals surface area contributed by atoms with Crippen LogP contribution in [0.4, 0.5) is 6.01 Å². The molecule has 0 aliphatic carbocycles. The Hall–Kier alpha value is -2.40. The summed E-state index contributed by atoms with van der Waals surface area (Å²) in [6, 6.07) is 10.9. The quantitative estimate of drug-likeness (QED) is 0.493. The van der Waals surface area contributed by atoms with Crippen molar-refractivity contribution in [2.75, 3.05) is 5.48 Å². The van der Waals surface area contributed by atoms with Gasteiger partial charge in [-0.15, -0.1) is 0 Å². The van der Waals surface area contributed by atoms with Crippen molar-refractivity contribution < 1.29 is 9.62 Å². The minimum Gasteiger partial charge on any atom is -0.423 e. The summed E-state index contributed by atoms with van der Waals surface area (Å²) >= 11 is 0. The van der Waals surface area contributed by atoms with E-state index in [0.29, 0.717) is 11.0 Å². The van der Waals surface area contributed by atoms with Gasteiger partial charge in [-0.25, -0.2) is 5.48 Å². The summed E-state index contributed by atoms with van der Waals surface area (Å²) in [5, 5.41) is 11.0. The van der Waals surface area contributed by atoms with Crippen LogP contribution in [0.1, 0.15) is 0 Å². The summed E-state index contributed by atoms with van der Waals surface area (Å²) in [6.07, 6.45) is 0. The van der Waals surface area contributed by atoms with Crippen molar-refractivity contribution in [3.63, 3.8) is 0 Å². The van der Waals surface area contributed by atoms with Gasteiger partial charge in [0.15, 0.2) is 0 Å². The number of benzene rings is 2. The summed E-state index contributed by atoms with van der Waals surface area (Å²) in [4.78, 5) is 15.2. The molecule has 0 fully saturated rings. The van der Waals surface area contributed by atoms with E-state index < -0.39 is 5.56 Å². The Morgan fingerprint density at radius 1 is 1.18 bits per heavy atom. The minimum absolute atomic E-state index is 0.210. The maximum Gasteiger partial charge on any atom is 0.322 e. The van der Waals surface area contributed by atoms with E-state index in [9.17, 15) is 4.79 Å². The van der Waals surface area contributed by atoms with Gasteiger partial charge in [0, 0.05) is 0 Å². The van der Waals surface area contributed by atoms with Crippen LogP contribution < -0.4 is 11.0 Å². The van der Waals surface area contributed by atoms with Crippen molar-refractivity contribution in [1.82, 2.24) is 4.98 Å². The molecule has 3 rings (SSSR count). The summed E-state index contributed by atoms with van der Waals surface area (Å²) in [6.45, 7) is 0. The zero-order valence-corrected chi connectivity index (χ0v) is 8.68. The highest BCUT2D eigenvalue weighted by Gasteiger charge is 2.06. The van der Waals surface area contributed by atoms with Crippen molar-refractivity contribution in [3.05, 3.63) is 46.8 Å². The third kappa shape index (κ3) is 1.53. The van der Waals surface area contributed by atoms with Crippen LogP contribution in [0.2, 0.25) is 0 Å². The first-order valence-corrected chi connectivity index (χ1v) is 5.02. The number of hydrogen-bond donors (Lipinski definition) is 2. The molecule has 0 aliphatic heterocycles. The van der Waals surface area contributed by atoms with Crippen LogP contribution in [0.3, 0.4) is 0 Å². The molecule has 3 aromatic rings. The van der Waals surface area contributed by atoms with Gasteiger partial charge in [0.1, 0.15) is 5.58 Å². The van der Waals surface area contributed by atoms with E-state index in [4.69, 9.17) is 9.62 Å². The molecule has 0 spiro atoms. The molecule has 5 heteroatoms. The molecule has 0 saturated heterocycles. The molecule has 0 unspecified atom stereocenters. The van der Waals surface area contributed by atoms with Crippen molar-refractivity contribution in [1.29, 1.82) is 0 Å². The zero-order valence-electron chi connectivity index (χ0n) is 8.68. The van der Waals surface area contributed by atoms with Gasteiger partial charge < -0.3 is 4.42 Å². The number of rotatable bonds is 1. The second kappa shape index (κ2) is 3.57. The Balaban J connectivity index is 2.47. The van der Waals surface area contributed by atoms with Crippen LogP contribution >= 0.6 is 0 Å². The smallest absolute Gasteiger partial charge is 0.322 e. The van der Waals surface area contributed by atoms with E-state index in [1.54, 1.807) is 17.6 Å². The largest absolute Gasteiger partial charge is 0.423 e. The summed E-state index contributed by atoms with van der Waals surface area (Å²) in [5.74, 6) is 0. The Morgan fingerprint density at radius 3 is 2.59 bits per heavy atom. The van der Waals surface area contributed by atoms with Gasteiger partial charge in [-0.2, -0.15) is 4.98 Å². The Bertz CT molecular complexity index is 764. The molecular weight excluding hydrogens is 220 g/mol. The first kappa shape index (κ1) is 9.80. The van der Waals surface area contributed by atoms with Crippen molar-refractivity contribution in [3.8, 4) is 0 Å². The van der Waals surface area contributed by atoms with Gasteiger partial charge >= 0.3 is 6.01 Å². The maximum atomic E-state index is 11.7. The molecule has 1 heterocycles. The van der Waals surface area contributed by atoms with E-state index >= 15 is 0 Å². The van der Waals surface area contributed by atoms with Gasteiger partial charge in [-0.05, 0) is 22.9 Å². The predicted molar refractivity (Wildman–Crippen MR) is 63.2 cm³/mol. The summed E-state index contributed by atoms with van der Waals surface area (Å²) < 4.78 is 5.23. The molecule has 0 atom stereocenters. The highest BCUT2D eigenvalue weighted by molar-refractivity contribution is 5.95. The van der Waals surface area contributed by atoms with Crippen LogP contribution in [0.5, 0.6) is 0 Å². The van der Waals surface area contributed by atoms with Crippen LogP contribution in [0.25, 0.3) is 21.7 Å². The van der Waals surface area contributed by atoms with Crippen LogP contribution in [0, 0.1) is 0 Å². The normalized spacial score (nSPS) is 10.9. The molecule has 84 valence electrons. The van der Waals surface area contributed by atoms with Crippen molar-refractivity contribution in [2.45, 2.75) is 0 Å². The minimum atomic E-state index is -0.437. The predicted octanol–water partition coefficient (Wildman–Crippen LogP) is 2.14. The van der Waals surface area contributed by atoms with E-state index in [1.165, 1.54) is 0 Å². The average Bonchev–Trinajstić information content (AvgIpc) is 2.36. The fraction of sp³-hybridized carbons (Fsp3) is 0. The number of nitrogens with one attached hydrogen (secondary N) is 1. The van der Waals surface area contributed by atoms with Gasteiger partial charge in [0.2, 0.25) is 0 Å². The summed E-state index contributed by atoms with van der Waals surface area (Å²) in [5.41, 5.74) is 1.68. The van der Waals surface area contributed by atoms with Crippen molar-refractivity contribution >= 4 is 27.8 Å². The third-order valence-corrected chi connectivity index (χ3v) is 2.58. The molecular formula is C12H8N2O3. The van der Waals surface area contributed by atoms with Crippen LogP contribution in [0.15, 0.2) is 45.6 Å². The van der Waals surface area contributed by atoms with E-state index in [-0.39, 0.29) is 6.01 Å². The van der Waals surface area contributed by atoms with E-state index in [0.717, 1.165) is 10.8 Å².